The molecule has 0 saturated heterocycles. The molecule has 25 heavy (non-hydrogen) atoms. The van der Waals surface area contributed by atoms with Gasteiger partial charge in [-0.2, -0.15) is 4.72 Å². The second-order valence-corrected chi connectivity index (χ2v) is 7.23. The van der Waals surface area contributed by atoms with Crippen molar-refractivity contribution < 1.29 is 18.1 Å². The van der Waals surface area contributed by atoms with E-state index in [1.165, 1.54) is 0 Å². The van der Waals surface area contributed by atoms with Crippen LogP contribution in [0.15, 0.2) is 53.4 Å². The van der Waals surface area contributed by atoms with Crippen LogP contribution in [0.1, 0.15) is 5.56 Å². The summed E-state index contributed by atoms with van der Waals surface area (Å²) in [6.07, 6.45) is 0.0556. The second-order valence-electron chi connectivity index (χ2n) is 5.14. The van der Waals surface area contributed by atoms with Gasteiger partial charge in [0.2, 0.25) is 15.9 Å². The number of benzene rings is 2. The van der Waals surface area contributed by atoms with Crippen LogP contribution in [0.5, 0.6) is 0 Å². The van der Waals surface area contributed by atoms with Crippen LogP contribution in [0.4, 0.5) is 5.69 Å². The molecule has 0 fully saturated rings. The molecule has 0 aliphatic carbocycles. The molecule has 0 heterocycles. The summed E-state index contributed by atoms with van der Waals surface area (Å²) in [5, 5.41) is 10.4. The van der Waals surface area contributed by atoms with Crippen molar-refractivity contribution in [3.05, 3.63) is 69.2 Å². The normalized spacial score (nSPS) is 12.5. The number of nitrogens with two attached hydrogens (primary N) is 1. The molecule has 0 bridgehead atoms. The smallest absolute Gasteiger partial charge is 0.271 e. The molecule has 132 valence electrons. The highest BCUT2D eigenvalue weighted by molar-refractivity contribution is 7.89. The van der Waals surface area contributed by atoms with Gasteiger partial charge in [0.15, 0.2) is 0 Å². The third-order valence-corrected chi connectivity index (χ3v) is 5.29. The van der Waals surface area contributed by atoms with Crippen LogP contribution in [0.3, 0.4) is 0 Å². The van der Waals surface area contributed by atoms with E-state index >= 15 is 0 Å². The molecule has 0 saturated carbocycles. The van der Waals surface area contributed by atoms with Gasteiger partial charge in [-0.3, -0.25) is 14.9 Å². The summed E-state index contributed by atoms with van der Waals surface area (Å²) < 4.78 is 27.1. The number of carbonyl (C=O) groups is 1. The Morgan fingerprint density at radius 1 is 1.24 bits per heavy atom. The van der Waals surface area contributed by atoms with Gasteiger partial charge in [0, 0.05) is 12.1 Å². The molecule has 2 aromatic rings. The van der Waals surface area contributed by atoms with Crippen molar-refractivity contribution in [1.29, 1.82) is 0 Å². The number of nitrogens with zero attached hydrogens (tertiary/aromatic N) is 1. The van der Waals surface area contributed by atoms with Crippen molar-refractivity contribution in [2.75, 3.05) is 0 Å². The molecule has 3 N–H and O–H groups in total. The monoisotopic (exact) mass is 383 g/mol. The van der Waals surface area contributed by atoms with Gasteiger partial charge in [-0.05, 0) is 18.1 Å². The van der Waals surface area contributed by atoms with Crippen molar-refractivity contribution in [1.82, 2.24) is 4.72 Å². The van der Waals surface area contributed by atoms with Crippen molar-refractivity contribution in [2.24, 2.45) is 5.73 Å². The fraction of sp³-hybridized carbons (Fsp3) is 0.133. The van der Waals surface area contributed by atoms with E-state index in [1.54, 1.807) is 30.3 Å². The topological polar surface area (TPSA) is 132 Å². The molecule has 0 radical (unpaired) electrons. The number of hydrogen-bond acceptors (Lipinski definition) is 5. The number of non-ortho nitro benzene ring substituents is 1. The highest BCUT2D eigenvalue weighted by atomic mass is 35.5. The summed E-state index contributed by atoms with van der Waals surface area (Å²) in [5.41, 5.74) is 5.65. The fourth-order valence-corrected chi connectivity index (χ4v) is 3.87. The van der Waals surface area contributed by atoms with Crippen molar-refractivity contribution >= 4 is 33.2 Å². The van der Waals surface area contributed by atoms with Gasteiger partial charge >= 0.3 is 0 Å². The van der Waals surface area contributed by atoms with Crippen LogP contribution in [0, 0.1) is 10.1 Å². The predicted octanol–water partition coefficient (Wildman–Crippen LogP) is 1.62. The molecule has 1 unspecified atom stereocenters. The zero-order valence-corrected chi connectivity index (χ0v) is 14.3. The SMILES string of the molecule is NC(=O)C(Cc1ccccc1)NS(=O)(=O)c1ccc([N+](=O)[O-])cc1Cl. The molecule has 0 aliphatic rings. The summed E-state index contributed by atoms with van der Waals surface area (Å²) in [5.74, 6) is -0.856. The lowest BCUT2D eigenvalue weighted by Crippen LogP contribution is -2.45. The van der Waals surface area contributed by atoms with Crippen LogP contribution < -0.4 is 10.5 Å². The maximum absolute atomic E-state index is 12.5. The third kappa shape index (κ3) is 4.75. The first-order valence-electron chi connectivity index (χ1n) is 7.00. The van der Waals surface area contributed by atoms with Crippen LogP contribution in [-0.2, 0) is 21.2 Å². The van der Waals surface area contributed by atoms with E-state index in [9.17, 15) is 23.3 Å². The minimum atomic E-state index is -4.20. The Hall–Kier alpha value is -2.49. The minimum absolute atomic E-state index is 0.0556. The first-order valence-corrected chi connectivity index (χ1v) is 8.86. The van der Waals surface area contributed by atoms with Crippen molar-refractivity contribution in [3.8, 4) is 0 Å². The zero-order valence-electron chi connectivity index (χ0n) is 12.8. The number of carbonyl (C=O) groups excluding carboxylic acids is 1. The predicted molar refractivity (Wildman–Crippen MR) is 91.6 cm³/mol. The summed E-state index contributed by atoms with van der Waals surface area (Å²) in [4.78, 5) is 21.2. The zero-order chi connectivity index (χ0) is 18.6. The van der Waals surface area contributed by atoms with Crippen LogP contribution in [0.25, 0.3) is 0 Å². The van der Waals surface area contributed by atoms with Crippen LogP contribution in [-0.4, -0.2) is 25.3 Å². The molecule has 0 aromatic heterocycles. The van der Waals surface area contributed by atoms with Gasteiger partial charge in [0.1, 0.15) is 10.9 Å². The number of sulfonamides is 1. The van der Waals surface area contributed by atoms with Gasteiger partial charge in [-0.1, -0.05) is 41.9 Å². The Morgan fingerprint density at radius 2 is 1.88 bits per heavy atom. The lowest BCUT2D eigenvalue weighted by Gasteiger charge is -2.16. The molecule has 10 heteroatoms. The number of rotatable bonds is 7. The third-order valence-electron chi connectivity index (χ3n) is 3.34. The summed E-state index contributed by atoms with van der Waals surface area (Å²) in [7, 11) is -4.20. The Morgan fingerprint density at radius 3 is 2.40 bits per heavy atom. The first-order chi connectivity index (χ1) is 11.7. The average Bonchev–Trinajstić information content (AvgIpc) is 2.54. The largest absolute Gasteiger partial charge is 0.368 e. The molecule has 2 aromatic carbocycles. The number of nitro benzene ring substituents is 1. The van der Waals surface area contributed by atoms with E-state index in [4.69, 9.17) is 17.3 Å². The molecule has 0 aliphatic heterocycles. The molecule has 1 amide bonds. The fourth-order valence-electron chi connectivity index (χ4n) is 2.12. The maximum Gasteiger partial charge on any atom is 0.271 e. The number of nitro groups is 1. The van der Waals surface area contributed by atoms with E-state index in [1.807, 2.05) is 0 Å². The standard InChI is InChI=1S/C15H14ClN3O5S/c16-12-9-11(19(21)22)6-7-14(12)25(23,24)18-13(15(17)20)8-10-4-2-1-3-5-10/h1-7,9,13,18H,8H2,(H2,17,20). The number of halogens is 1. The number of nitrogens with one attached hydrogen (secondary N) is 1. The molecule has 0 spiro atoms. The molecule has 8 nitrogen and oxygen atoms in total. The van der Waals surface area contributed by atoms with Gasteiger partial charge in [0.25, 0.3) is 5.69 Å². The van der Waals surface area contributed by atoms with Crippen molar-refractivity contribution in [3.63, 3.8) is 0 Å². The van der Waals surface area contributed by atoms with E-state index in [2.05, 4.69) is 4.72 Å². The number of amides is 1. The van der Waals surface area contributed by atoms with Crippen LogP contribution in [0.2, 0.25) is 5.02 Å². The summed E-state index contributed by atoms with van der Waals surface area (Å²) >= 11 is 5.84. The second kappa shape index (κ2) is 7.60. The highest BCUT2D eigenvalue weighted by Crippen LogP contribution is 2.26. The lowest BCUT2D eigenvalue weighted by molar-refractivity contribution is -0.384. The van der Waals surface area contributed by atoms with Gasteiger partial charge in [-0.15, -0.1) is 0 Å². The Labute approximate surface area is 148 Å². The Bertz CT molecular complexity index is 903. The Balaban J connectivity index is 2.28. The van der Waals surface area contributed by atoms with E-state index in [-0.39, 0.29) is 22.0 Å². The molecule has 2 rings (SSSR count). The van der Waals surface area contributed by atoms with Crippen LogP contribution >= 0.6 is 11.6 Å². The quantitative estimate of drug-likeness (QED) is 0.553. The van der Waals surface area contributed by atoms with Crippen molar-refractivity contribution in [2.45, 2.75) is 17.4 Å². The van der Waals surface area contributed by atoms with Gasteiger partial charge in [0.05, 0.1) is 9.95 Å². The highest BCUT2D eigenvalue weighted by Gasteiger charge is 2.27. The van der Waals surface area contributed by atoms with Gasteiger partial charge < -0.3 is 5.73 Å². The number of hydrogen-bond donors (Lipinski definition) is 2. The van der Waals surface area contributed by atoms with E-state index < -0.39 is 26.9 Å². The van der Waals surface area contributed by atoms with Gasteiger partial charge in [-0.25, -0.2) is 8.42 Å². The van der Waals surface area contributed by atoms with E-state index in [0.717, 1.165) is 18.2 Å². The lowest BCUT2D eigenvalue weighted by atomic mass is 10.1. The maximum atomic E-state index is 12.5. The summed E-state index contributed by atoms with van der Waals surface area (Å²) in [6, 6.07) is 10.5. The number of primary amides is 1. The molecular weight excluding hydrogens is 370 g/mol. The van der Waals surface area contributed by atoms with E-state index in [0.29, 0.717) is 5.56 Å². The molecular formula is C15H14ClN3O5S. The Kier molecular flexibility index (Phi) is 5.73. The molecule has 1 atom stereocenters. The first kappa shape index (κ1) is 18.8. The minimum Gasteiger partial charge on any atom is -0.368 e. The summed E-state index contributed by atoms with van der Waals surface area (Å²) in [6.45, 7) is 0. The average molecular weight is 384 g/mol.